The lowest BCUT2D eigenvalue weighted by Gasteiger charge is -2.25. The van der Waals surface area contributed by atoms with E-state index in [-0.39, 0.29) is 11.7 Å². The van der Waals surface area contributed by atoms with Gasteiger partial charge in [0, 0.05) is 11.7 Å². The third kappa shape index (κ3) is 2.59. The van der Waals surface area contributed by atoms with Gasteiger partial charge in [0.05, 0.1) is 0 Å². The predicted octanol–water partition coefficient (Wildman–Crippen LogP) is 2.12. The summed E-state index contributed by atoms with van der Waals surface area (Å²) in [5, 5.41) is 8.79. The first kappa shape index (κ1) is 11.8. The van der Waals surface area contributed by atoms with E-state index in [1.807, 2.05) is 6.07 Å². The SMILES string of the molecule is CCN(CC)C(C)c1ccc(C(=O)O)[nH]1. The van der Waals surface area contributed by atoms with Gasteiger partial charge >= 0.3 is 5.97 Å². The van der Waals surface area contributed by atoms with Crippen molar-refractivity contribution in [1.82, 2.24) is 9.88 Å². The van der Waals surface area contributed by atoms with E-state index < -0.39 is 5.97 Å². The number of carboxylic acid groups (broad SMARTS) is 1. The number of rotatable bonds is 5. The fourth-order valence-electron chi connectivity index (χ4n) is 1.75. The number of nitrogens with zero attached hydrogens (tertiary/aromatic N) is 1. The van der Waals surface area contributed by atoms with Crippen molar-refractivity contribution >= 4 is 5.97 Å². The summed E-state index contributed by atoms with van der Waals surface area (Å²) in [7, 11) is 0. The summed E-state index contributed by atoms with van der Waals surface area (Å²) in [6.45, 7) is 8.19. The summed E-state index contributed by atoms with van der Waals surface area (Å²) in [4.78, 5) is 15.9. The molecular formula is C11H18N2O2. The van der Waals surface area contributed by atoms with E-state index in [1.165, 1.54) is 0 Å². The summed E-state index contributed by atoms with van der Waals surface area (Å²) < 4.78 is 0. The normalized spacial score (nSPS) is 13.1. The second-order valence-electron chi connectivity index (χ2n) is 3.53. The summed E-state index contributed by atoms with van der Waals surface area (Å²) in [6.07, 6.45) is 0. The van der Waals surface area contributed by atoms with Crippen LogP contribution in [-0.2, 0) is 0 Å². The number of H-pyrrole nitrogens is 1. The molecule has 0 bridgehead atoms. The summed E-state index contributed by atoms with van der Waals surface area (Å²) in [5.41, 5.74) is 1.21. The highest BCUT2D eigenvalue weighted by Gasteiger charge is 2.15. The molecule has 0 spiro atoms. The van der Waals surface area contributed by atoms with Gasteiger partial charge in [-0.05, 0) is 32.1 Å². The van der Waals surface area contributed by atoms with Crippen molar-refractivity contribution in [2.75, 3.05) is 13.1 Å². The molecule has 1 aromatic heterocycles. The quantitative estimate of drug-likeness (QED) is 0.782. The van der Waals surface area contributed by atoms with Crippen LogP contribution in [0.5, 0.6) is 0 Å². The van der Waals surface area contributed by atoms with Crippen LogP contribution in [0.2, 0.25) is 0 Å². The van der Waals surface area contributed by atoms with Crippen molar-refractivity contribution in [3.05, 3.63) is 23.5 Å². The van der Waals surface area contributed by atoms with Gasteiger partial charge in [-0.2, -0.15) is 0 Å². The minimum atomic E-state index is -0.909. The highest BCUT2D eigenvalue weighted by Crippen LogP contribution is 2.18. The van der Waals surface area contributed by atoms with Crippen LogP contribution in [0.3, 0.4) is 0 Å². The van der Waals surface area contributed by atoms with E-state index in [4.69, 9.17) is 5.11 Å². The van der Waals surface area contributed by atoms with Crippen LogP contribution in [0.15, 0.2) is 12.1 Å². The zero-order valence-corrected chi connectivity index (χ0v) is 9.45. The van der Waals surface area contributed by atoms with Gasteiger partial charge in [0.15, 0.2) is 0 Å². The van der Waals surface area contributed by atoms with Gasteiger partial charge in [-0.3, -0.25) is 4.90 Å². The van der Waals surface area contributed by atoms with E-state index in [0.717, 1.165) is 18.8 Å². The van der Waals surface area contributed by atoms with E-state index in [9.17, 15) is 4.79 Å². The van der Waals surface area contributed by atoms with Gasteiger partial charge < -0.3 is 10.1 Å². The molecule has 0 aliphatic heterocycles. The molecule has 0 fully saturated rings. The number of aromatic carboxylic acids is 1. The molecule has 2 N–H and O–H groups in total. The monoisotopic (exact) mass is 210 g/mol. The van der Waals surface area contributed by atoms with Crippen LogP contribution < -0.4 is 0 Å². The Bertz CT molecular complexity index is 329. The number of aromatic nitrogens is 1. The molecule has 0 aromatic carbocycles. The molecule has 1 unspecified atom stereocenters. The Hall–Kier alpha value is -1.29. The molecule has 0 saturated heterocycles. The molecule has 0 radical (unpaired) electrons. The molecule has 84 valence electrons. The van der Waals surface area contributed by atoms with E-state index in [1.54, 1.807) is 6.07 Å². The van der Waals surface area contributed by atoms with E-state index in [2.05, 4.69) is 30.7 Å². The fraction of sp³-hybridized carbons (Fsp3) is 0.545. The summed E-state index contributed by atoms with van der Waals surface area (Å²) >= 11 is 0. The van der Waals surface area contributed by atoms with Gasteiger partial charge in [0.25, 0.3) is 0 Å². The second-order valence-corrected chi connectivity index (χ2v) is 3.53. The maximum atomic E-state index is 10.7. The Kier molecular flexibility index (Phi) is 3.91. The van der Waals surface area contributed by atoms with Gasteiger partial charge in [-0.1, -0.05) is 13.8 Å². The van der Waals surface area contributed by atoms with Crippen LogP contribution in [0.1, 0.15) is 43.0 Å². The lowest BCUT2D eigenvalue weighted by Crippen LogP contribution is -2.26. The number of aromatic amines is 1. The van der Waals surface area contributed by atoms with Gasteiger partial charge in [-0.25, -0.2) is 4.79 Å². The van der Waals surface area contributed by atoms with Crippen molar-refractivity contribution in [2.45, 2.75) is 26.8 Å². The average Bonchev–Trinajstić information content (AvgIpc) is 2.68. The lowest BCUT2D eigenvalue weighted by molar-refractivity contribution is 0.0691. The van der Waals surface area contributed by atoms with Crippen molar-refractivity contribution in [3.8, 4) is 0 Å². The predicted molar refractivity (Wildman–Crippen MR) is 59.1 cm³/mol. The first-order chi connectivity index (χ1) is 7.10. The van der Waals surface area contributed by atoms with Gasteiger partial charge in [0.1, 0.15) is 5.69 Å². The van der Waals surface area contributed by atoms with Crippen molar-refractivity contribution in [2.24, 2.45) is 0 Å². The number of carbonyl (C=O) groups is 1. The second kappa shape index (κ2) is 4.98. The summed E-state index contributed by atoms with van der Waals surface area (Å²) in [6, 6.07) is 3.68. The molecular weight excluding hydrogens is 192 g/mol. The zero-order chi connectivity index (χ0) is 11.4. The first-order valence-corrected chi connectivity index (χ1v) is 5.26. The van der Waals surface area contributed by atoms with Crippen LogP contribution >= 0.6 is 0 Å². The minimum Gasteiger partial charge on any atom is -0.477 e. The molecule has 1 atom stereocenters. The Balaban J connectivity index is 2.81. The molecule has 1 aromatic rings. The summed E-state index contributed by atoms with van der Waals surface area (Å²) in [5.74, 6) is -0.909. The average molecular weight is 210 g/mol. The number of hydrogen-bond donors (Lipinski definition) is 2. The van der Waals surface area contributed by atoms with Crippen LogP contribution in [0.25, 0.3) is 0 Å². The van der Waals surface area contributed by atoms with E-state index >= 15 is 0 Å². The zero-order valence-electron chi connectivity index (χ0n) is 9.45. The first-order valence-electron chi connectivity index (χ1n) is 5.26. The topological polar surface area (TPSA) is 56.3 Å². The molecule has 1 heterocycles. The Morgan fingerprint density at radius 3 is 2.47 bits per heavy atom. The number of nitrogens with one attached hydrogen (secondary N) is 1. The number of carboxylic acids is 1. The molecule has 15 heavy (non-hydrogen) atoms. The molecule has 0 saturated carbocycles. The Morgan fingerprint density at radius 1 is 1.47 bits per heavy atom. The van der Waals surface area contributed by atoms with Crippen LogP contribution in [0.4, 0.5) is 0 Å². The van der Waals surface area contributed by atoms with Crippen molar-refractivity contribution < 1.29 is 9.90 Å². The molecule has 0 amide bonds. The highest BCUT2D eigenvalue weighted by molar-refractivity contribution is 5.85. The van der Waals surface area contributed by atoms with E-state index in [0.29, 0.717) is 0 Å². The Morgan fingerprint density at radius 2 is 2.07 bits per heavy atom. The maximum absolute atomic E-state index is 10.7. The molecule has 0 aliphatic carbocycles. The molecule has 1 rings (SSSR count). The van der Waals surface area contributed by atoms with Crippen LogP contribution in [-0.4, -0.2) is 34.0 Å². The largest absolute Gasteiger partial charge is 0.477 e. The molecule has 0 aliphatic rings. The molecule has 4 nitrogen and oxygen atoms in total. The standard InChI is InChI=1S/C11H18N2O2/c1-4-13(5-2)8(3)9-6-7-10(12-9)11(14)15/h6-8,12H,4-5H2,1-3H3,(H,14,15). The van der Waals surface area contributed by atoms with Gasteiger partial charge in [-0.15, -0.1) is 0 Å². The van der Waals surface area contributed by atoms with Crippen molar-refractivity contribution in [1.29, 1.82) is 0 Å². The van der Waals surface area contributed by atoms with Gasteiger partial charge in [0.2, 0.25) is 0 Å². The highest BCUT2D eigenvalue weighted by atomic mass is 16.4. The maximum Gasteiger partial charge on any atom is 0.352 e. The number of hydrogen-bond acceptors (Lipinski definition) is 2. The van der Waals surface area contributed by atoms with Crippen LogP contribution in [0, 0.1) is 0 Å². The molecule has 4 heteroatoms. The fourth-order valence-corrected chi connectivity index (χ4v) is 1.75. The minimum absolute atomic E-state index is 0.230. The lowest BCUT2D eigenvalue weighted by atomic mass is 10.2. The third-order valence-corrected chi connectivity index (χ3v) is 2.75. The smallest absolute Gasteiger partial charge is 0.352 e. The van der Waals surface area contributed by atoms with Crippen molar-refractivity contribution in [3.63, 3.8) is 0 Å². The third-order valence-electron chi connectivity index (χ3n) is 2.75. The Labute approximate surface area is 89.9 Å².